The highest BCUT2D eigenvalue weighted by Gasteiger charge is 2.15. The standard InChI is InChI=1S/C14H18N6O3/c1-8(2)11-17-10(23-18-11)5-6-16-12-9(7-15)13(21)20(4)14(22)19(12)3/h8,16H,5-6H2,1-4H3. The Kier molecular flexibility index (Phi) is 4.64. The molecule has 0 spiro atoms. The molecule has 0 atom stereocenters. The second-order valence-electron chi connectivity index (χ2n) is 5.42. The van der Waals surface area contributed by atoms with Gasteiger partial charge in [0, 0.05) is 33.0 Å². The van der Waals surface area contributed by atoms with Crippen molar-refractivity contribution in [3.63, 3.8) is 0 Å². The number of hydrogen-bond donors (Lipinski definition) is 1. The third kappa shape index (κ3) is 3.15. The Hall–Kier alpha value is -2.89. The molecule has 0 aromatic carbocycles. The van der Waals surface area contributed by atoms with Crippen LogP contribution in [-0.4, -0.2) is 25.8 Å². The maximum Gasteiger partial charge on any atom is 0.332 e. The molecule has 0 fully saturated rings. The summed E-state index contributed by atoms with van der Waals surface area (Å²) in [5.41, 5.74) is -1.24. The molecule has 0 bridgehead atoms. The van der Waals surface area contributed by atoms with E-state index in [2.05, 4.69) is 15.5 Å². The Morgan fingerprint density at radius 2 is 2.00 bits per heavy atom. The van der Waals surface area contributed by atoms with Crippen LogP contribution in [0.25, 0.3) is 0 Å². The van der Waals surface area contributed by atoms with Gasteiger partial charge in [-0.15, -0.1) is 0 Å². The van der Waals surface area contributed by atoms with Crippen LogP contribution in [0, 0.1) is 11.3 Å². The summed E-state index contributed by atoms with van der Waals surface area (Å²) in [6, 6.07) is 1.83. The lowest BCUT2D eigenvalue weighted by molar-refractivity contribution is 0.373. The average molecular weight is 318 g/mol. The summed E-state index contributed by atoms with van der Waals surface area (Å²) in [5.74, 6) is 1.43. The summed E-state index contributed by atoms with van der Waals surface area (Å²) >= 11 is 0. The van der Waals surface area contributed by atoms with Gasteiger partial charge in [-0.3, -0.25) is 13.9 Å². The molecule has 122 valence electrons. The molecule has 2 aromatic rings. The van der Waals surface area contributed by atoms with Crippen LogP contribution in [0.5, 0.6) is 0 Å². The predicted octanol–water partition coefficient (Wildman–Crippen LogP) is 0.117. The van der Waals surface area contributed by atoms with Gasteiger partial charge in [0.05, 0.1) is 0 Å². The normalized spacial score (nSPS) is 10.8. The summed E-state index contributed by atoms with van der Waals surface area (Å²) in [5, 5.41) is 15.9. The zero-order valence-corrected chi connectivity index (χ0v) is 13.5. The van der Waals surface area contributed by atoms with Crippen LogP contribution in [0.3, 0.4) is 0 Å². The van der Waals surface area contributed by atoms with E-state index in [4.69, 9.17) is 9.78 Å². The number of aromatic nitrogens is 4. The summed E-state index contributed by atoms with van der Waals surface area (Å²) in [6.07, 6.45) is 0.411. The highest BCUT2D eigenvalue weighted by atomic mass is 16.5. The Balaban J connectivity index is 2.19. The summed E-state index contributed by atoms with van der Waals surface area (Å²) in [4.78, 5) is 28.1. The zero-order valence-electron chi connectivity index (χ0n) is 13.5. The molecule has 0 radical (unpaired) electrons. The smallest absolute Gasteiger partial charge is 0.332 e. The van der Waals surface area contributed by atoms with Crippen molar-refractivity contribution >= 4 is 5.82 Å². The second kappa shape index (κ2) is 6.48. The molecule has 2 aromatic heterocycles. The summed E-state index contributed by atoms with van der Waals surface area (Å²) in [7, 11) is 2.83. The quantitative estimate of drug-likeness (QED) is 0.831. The molecule has 9 nitrogen and oxygen atoms in total. The molecular formula is C14H18N6O3. The van der Waals surface area contributed by atoms with Crippen LogP contribution >= 0.6 is 0 Å². The van der Waals surface area contributed by atoms with E-state index in [0.29, 0.717) is 24.7 Å². The van der Waals surface area contributed by atoms with Crippen LogP contribution in [-0.2, 0) is 20.5 Å². The van der Waals surface area contributed by atoms with E-state index >= 15 is 0 Å². The number of nitrogens with zero attached hydrogens (tertiary/aromatic N) is 5. The number of nitrogens with one attached hydrogen (secondary N) is 1. The molecule has 0 aliphatic carbocycles. The second-order valence-corrected chi connectivity index (χ2v) is 5.42. The molecule has 0 saturated heterocycles. The van der Waals surface area contributed by atoms with Crippen molar-refractivity contribution in [2.24, 2.45) is 14.1 Å². The fourth-order valence-electron chi connectivity index (χ4n) is 2.04. The van der Waals surface area contributed by atoms with Gasteiger partial charge in [0.25, 0.3) is 5.56 Å². The lowest BCUT2D eigenvalue weighted by Gasteiger charge is -2.12. The van der Waals surface area contributed by atoms with Gasteiger partial charge in [0.2, 0.25) is 5.89 Å². The number of anilines is 1. The molecule has 1 N–H and O–H groups in total. The number of nitriles is 1. The van der Waals surface area contributed by atoms with Crippen LogP contribution in [0.1, 0.15) is 37.0 Å². The van der Waals surface area contributed by atoms with E-state index in [1.807, 2.05) is 19.9 Å². The first-order valence-corrected chi connectivity index (χ1v) is 7.13. The van der Waals surface area contributed by atoms with E-state index in [0.717, 1.165) is 4.57 Å². The first-order chi connectivity index (χ1) is 10.9. The van der Waals surface area contributed by atoms with Crippen LogP contribution < -0.4 is 16.6 Å². The Labute approximate surface area is 132 Å². The first kappa shape index (κ1) is 16.5. The molecule has 0 saturated carbocycles. The van der Waals surface area contributed by atoms with Crippen molar-refractivity contribution in [3.8, 4) is 6.07 Å². The minimum Gasteiger partial charge on any atom is -0.370 e. The third-order valence-electron chi connectivity index (χ3n) is 3.41. The van der Waals surface area contributed by atoms with Crippen LogP contribution in [0.2, 0.25) is 0 Å². The zero-order chi connectivity index (χ0) is 17.1. The van der Waals surface area contributed by atoms with Crippen molar-refractivity contribution in [2.75, 3.05) is 11.9 Å². The van der Waals surface area contributed by atoms with E-state index in [1.165, 1.54) is 18.7 Å². The molecule has 0 amide bonds. The highest BCUT2D eigenvalue weighted by molar-refractivity contribution is 5.51. The SMILES string of the molecule is CC(C)c1noc(CCNc2c(C#N)c(=O)n(C)c(=O)n2C)n1. The van der Waals surface area contributed by atoms with Gasteiger partial charge in [-0.1, -0.05) is 19.0 Å². The topological polar surface area (TPSA) is 119 Å². The van der Waals surface area contributed by atoms with Gasteiger partial charge in [-0.25, -0.2) is 4.79 Å². The van der Waals surface area contributed by atoms with Gasteiger partial charge < -0.3 is 9.84 Å². The van der Waals surface area contributed by atoms with E-state index in [9.17, 15) is 9.59 Å². The average Bonchev–Trinajstić information content (AvgIpc) is 2.99. The molecule has 9 heteroatoms. The van der Waals surface area contributed by atoms with Gasteiger partial charge in [0.15, 0.2) is 11.4 Å². The Morgan fingerprint density at radius 3 is 2.57 bits per heavy atom. The monoisotopic (exact) mass is 318 g/mol. The third-order valence-corrected chi connectivity index (χ3v) is 3.41. The lowest BCUT2D eigenvalue weighted by Crippen LogP contribution is -2.40. The first-order valence-electron chi connectivity index (χ1n) is 7.13. The van der Waals surface area contributed by atoms with Crippen molar-refractivity contribution < 1.29 is 4.52 Å². The van der Waals surface area contributed by atoms with E-state index < -0.39 is 11.2 Å². The molecule has 0 aliphatic rings. The maximum absolute atomic E-state index is 12.0. The van der Waals surface area contributed by atoms with Crippen molar-refractivity contribution in [3.05, 3.63) is 38.1 Å². The van der Waals surface area contributed by atoms with Crippen molar-refractivity contribution in [2.45, 2.75) is 26.2 Å². The fourth-order valence-corrected chi connectivity index (χ4v) is 2.04. The lowest BCUT2D eigenvalue weighted by atomic mass is 10.2. The fraction of sp³-hybridized carbons (Fsp3) is 0.500. The van der Waals surface area contributed by atoms with Crippen LogP contribution in [0.15, 0.2) is 14.1 Å². The van der Waals surface area contributed by atoms with Crippen molar-refractivity contribution in [1.82, 2.24) is 19.3 Å². The molecule has 23 heavy (non-hydrogen) atoms. The van der Waals surface area contributed by atoms with Gasteiger partial charge in [0.1, 0.15) is 11.9 Å². The molecule has 0 aliphatic heterocycles. The summed E-state index contributed by atoms with van der Waals surface area (Å²) < 4.78 is 7.25. The van der Waals surface area contributed by atoms with Gasteiger partial charge in [-0.2, -0.15) is 10.2 Å². The number of hydrogen-bond acceptors (Lipinski definition) is 7. The molecule has 2 heterocycles. The van der Waals surface area contributed by atoms with Gasteiger partial charge in [-0.05, 0) is 0 Å². The van der Waals surface area contributed by atoms with Crippen molar-refractivity contribution in [1.29, 1.82) is 5.26 Å². The molecule has 2 rings (SSSR count). The molecular weight excluding hydrogens is 300 g/mol. The largest absolute Gasteiger partial charge is 0.370 e. The minimum atomic E-state index is -0.627. The molecule has 0 unspecified atom stereocenters. The van der Waals surface area contributed by atoms with Gasteiger partial charge >= 0.3 is 5.69 Å². The summed E-state index contributed by atoms with van der Waals surface area (Å²) in [6.45, 7) is 4.26. The number of rotatable bonds is 5. The minimum absolute atomic E-state index is 0.108. The predicted molar refractivity (Wildman–Crippen MR) is 82.2 cm³/mol. The van der Waals surface area contributed by atoms with Crippen LogP contribution in [0.4, 0.5) is 5.82 Å². The van der Waals surface area contributed by atoms with E-state index in [-0.39, 0.29) is 17.3 Å². The Morgan fingerprint density at radius 1 is 1.30 bits per heavy atom. The maximum atomic E-state index is 12.0. The highest BCUT2D eigenvalue weighted by Crippen LogP contribution is 2.11. The van der Waals surface area contributed by atoms with E-state index in [1.54, 1.807) is 0 Å². The Bertz CT molecular complexity index is 868.